The van der Waals surface area contributed by atoms with Gasteiger partial charge >= 0.3 is 0 Å². The number of nitrogen functional groups attached to an aromatic ring is 1. The lowest BCUT2D eigenvalue weighted by atomic mass is 10.2. The molecule has 0 aliphatic heterocycles. The molecular formula is C13H12FNOS. The average Bonchev–Trinajstić information content (AvgIpc) is 2.30. The zero-order chi connectivity index (χ0) is 12.3. The zero-order valence-electron chi connectivity index (χ0n) is 9.06. The highest BCUT2D eigenvalue weighted by Crippen LogP contribution is 2.28. The number of benzene rings is 2. The third kappa shape index (κ3) is 3.14. The summed E-state index contributed by atoms with van der Waals surface area (Å²) in [6.45, 7) is 0. The SMILES string of the molecule is Nc1cc(F)ccc1SCc1ccc(O)cc1. The molecule has 0 amide bonds. The van der Waals surface area contributed by atoms with Crippen LogP contribution in [0.1, 0.15) is 5.56 Å². The molecule has 0 aromatic heterocycles. The summed E-state index contributed by atoms with van der Waals surface area (Å²) in [6, 6.07) is 11.4. The maximum Gasteiger partial charge on any atom is 0.125 e. The molecule has 3 N–H and O–H groups in total. The Morgan fingerprint density at radius 1 is 1.12 bits per heavy atom. The molecule has 0 saturated carbocycles. The highest BCUT2D eigenvalue weighted by Gasteiger charge is 2.02. The van der Waals surface area contributed by atoms with Gasteiger partial charge in [-0.2, -0.15) is 0 Å². The van der Waals surface area contributed by atoms with Crippen LogP contribution in [0.5, 0.6) is 5.75 Å². The molecule has 0 atom stereocenters. The maximum absolute atomic E-state index is 12.8. The minimum atomic E-state index is -0.323. The number of thioether (sulfide) groups is 1. The smallest absolute Gasteiger partial charge is 0.125 e. The van der Waals surface area contributed by atoms with Crippen LogP contribution < -0.4 is 5.73 Å². The van der Waals surface area contributed by atoms with Gasteiger partial charge in [-0.15, -0.1) is 11.8 Å². The van der Waals surface area contributed by atoms with E-state index in [1.54, 1.807) is 30.0 Å². The lowest BCUT2D eigenvalue weighted by molar-refractivity contribution is 0.475. The summed E-state index contributed by atoms with van der Waals surface area (Å²) >= 11 is 1.54. The van der Waals surface area contributed by atoms with Crippen molar-refractivity contribution in [3.05, 3.63) is 53.8 Å². The van der Waals surface area contributed by atoms with E-state index in [0.29, 0.717) is 5.69 Å². The summed E-state index contributed by atoms with van der Waals surface area (Å²) in [7, 11) is 0. The summed E-state index contributed by atoms with van der Waals surface area (Å²) in [6.07, 6.45) is 0. The number of hydrogen-bond acceptors (Lipinski definition) is 3. The standard InChI is InChI=1S/C13H12FNOS/c14-10-3-6-13(12(15)7-10)17-8-9-1-4-11(16)5-2-9/h1-7,16H,8,15H2. The maximum atomic E-state index is 12.8. The number of halogens is 1. The second-order valence-electron chi connectivity index (χ2n) is 3.64. The van der Waals surface area contributed by atoms with Crippen molar-refractivity contribution in [2.24, 2.45) is 0 Å². The highest BCUT2D eigenvalue weighted by atomic mass is 32.2. The van der Waals surface area contributed by atoms with Gasteiger partial charge in [0.15, 0.2) is 0 Å². The van der Waals surface area contributed by atoms with Gasteiger partial charge in [-0.05, 0) is 35.9 Å². The largest absolute Gasteiger partial charge is 0.508 e. The number of aromatic hydroxyl groups is 1. The molecule has 2 rings (SSSR count). The second-order valence-corrected chi connectivity index (χ2v) is 4.65. The molecule has 0 bridgehead atoms. The van der Waals surface area contributed by atoms with Crippen molar-refractivity contribution in [3.63, 3.8) is 0 Å². The molecule has 88 valence electrons. The molecule has 0 aliphatic rings. The molecule has 2 aromatic rings. The zero-order valence-corrected chi connectivity index (χ0v) is 9.88. The van der Waals surface area contributed by atoms with Crippen molar-refractivity contribution in [2.75, 3.05) is 5.73 Å². The van der Waals surface area contributed by atoms with Crippen molar-refractivity contribution < 1.29 is 9.50 Å². The first-order valence-corrected chi connectivity index (χ1v) is 6.09. The molecule has 4 heteroatoms. The first kappa shape index (κ1) is 11.8. The molecule has 0 saturated heterocycles. The molecule has 0 aliphatic carbocycles. The van der Waals surface area contributed by atoms with Gasteiger partial charge in [0.25, 0.3) is 0 Å². The van der Waals surface area contributed by atoms with E-state index in [-0.39, 0.29) is 11.6 Å². The van der Waals surface area contributed by atoms with Gasteiger partial charge in [-0.3, -0.25) is 0 Å². The lowest BCUT2D eigenvalue weighted by Gasteiger charge is -2.05. The van der Waals surface area contributed by atoms with Gasteiger partial charge in [0, 0.05) is 16.3 Å². The van der Waals surface area contributed by atoms with Crippen molar-refractivity contribution in [3.8, 4) is 5.75 Å². The van der Waals surface area contributed by atoms with E-state index in [0.717, 1.165) is 16.2 Å². The third-order valence-electron chi connectivity index (χ3n) is 2.30. The Morgan fingerprint density at radius 3 is 2.47 bits per heavy atom. The Kier molecular flexibility index (Phi) is 3.54. The monoisotopic (exact) mass is 249 g/mol. The fourth-order valence-corrected chi connectivity index (χ4v) is 2.31. The van der Waals surface area contributed by atoms with Crippen molar-refractivity contribution in [2.45, 2.75) is 10.6 Å². The van der Waals surface area contributed by atoms with Gasteiger partial charge in [-0.1, -0.05) is 12.1 Å². The van der Waals surface area contributed by atoms with Crippen LogP contribution in [0.2, 0.25) is 0 Å². The molecule has 17 heavy (non-hydrogen) atoms. The summed E-state index contributed by atoms with van der Waals surface area (Å²) in [5.74, 6) is 0.660. The van der Waals surface area contributed by atoms with E-state index < -0.39 is 0 Å². The van der Waals surface area contributed by atoms with Crippen molar-refractivity contribution in [1.29, 1.82) is 0 Å². The van der Waals surface area contributed by atoms with Crippen LogP contribution in [-0.4, -0.2) is 5.11 Å². The fourth-order valence-electron chi connectivity index (χ4n) is 1.40. The van der Waals surface area contributed by atoms with Crippen LogP contribution >= 0.6 is 11.8 Å². The predicted octanol–water partition coefficient (Wildman–Crippen LogP) is 3.41. The predicted molar refractivity (Wildman–Crippen MR) is 68.5 cm³/mol. The van der Waals surface area contributed by atoms with E-state index in [2.05, 4.69) is 0 Å². The Balaban J connectivity index is 2.04. The third-order valence-corrected chi connectivity index (χ3v) is 3.46. The number of phenolic OH excluding ortho intramolecular Hbond substituents is 1. The summed E-state index contributed by atoms with van der Waals surface area (Å²) in [4.78, 5) is 0.861. The fraction of sp³-hybridized carbons (Fsp3) is 0.0769. The van der Waals surface area contributed by atoms with Crippen molar-refractivity contribution in [1.82, 2.24) is 0 Å². The number of rotatable bonds is 3. The quantitative estimate of drug-likeness (QED) is 0.647. The Bertz CT molecular complexity index is 513. The van der Waals surface area contributed by atoms with E-state index in [1.165, 1.54) is 12.1 Å². The highest BCUT2D eigenvalue weighted by molar-refractivity contribution is 7.98. The van der Waals surface area contributed by atoms with Crippen LogP contribution in [0.25, 0.3) is 0 Å². The Labute approximate surface area is 103 Å². The Morgan fingerprint density at radius 2 is 1.82 bits per heavy atom. The van der Waals surface area contributed by atoms with Crippen LogP contribution in [0.4, 0.5) is 10.1 Å². The normalized spacial score (nSPS) is 10.4. The van der Waals surface area contributed by atoms with Crippen LogP contribution in [-0.2, 0) is 5.75 Å². The Hall–Kier alpha value is -1.68. The summed E-state index contributed by atoms with van der Waals surface area (Å²) in [5, 5.41) is 9.15. The van der Waals surface area contributed by atoms with E-state index in [1.807, 2.05) is 12.1 Å². The van der Waals surface area contributed by atoms with Crippen LogP contribution in [0.15, 0.2) is 47.4 Å². The first-order valence-electron chi connectivity index (χ1n) is 5.11. The van der Waals surface area contributed by atoms with Gasteiger partial charge < -0.3 is 10.8 Å². The number of nitrogens with two attached hydrogens (primary N) is 1. The first-order chi connectivity index (χ1) is 8.15. The minimum absolute atomic E-state index is 0.250. The molecule has 0 fully saturated rings. The molecular weight excluding hydrogens is 237 g/mol. The molecule has 2 nitrogen and oxygen atoms in total. The second kappa shape index (κ2) is 5.10. The van der Waals surface area contributed by atoms with Crippen LogP contribution in [0.3, 0.4) is 0 Å². The molecule has 2 aromatic carbocycles. The average molecular weight is 249 g/mol. The van der Waals surface area contributed by atoms with Gasteiger partial charge in [0.2, 0.25) is 0 Å². The van der Waals surface area contributed by atoms with E-state index in [9.17, 15) is 4.39 Å². The lowest BCUT2D eigenvalue weighted by Crippen LogP contribution is -1.90. The number of phenols is 1. The van der Waals surface area contributed by atoms with E-state index >= 15 is 0 Å². The molecule has 0 unspecified atom stereocenters. The molecule has 0 radical (unpaired) electrons. The minimum Gasteiger partial charge on any atom is -0.508 e. The van der Waals surface area contributed by atoms with Crippen LogP contribution in [0, 0.1) is 5.82 Å². The van der Waals surface area contributed by atoms with E-state index in [4.69, 9.17) is 10.8 Å². The number of anilines is 1. The van der Waals surface area contributed by atoms with Gasteiger partial charge in [0.05, 0.1) is 0 Å². The topological polar surface area (TPSA) is 46.2 Å². The van der Waals surface area contributed by atoms with Gasteiger partial charge in [0.1, 0.15) is 11.6 Å². The summed E-state index contributed by atoms with van der Waals surface area (Å²) < 4.78 is 12.8. The molecule has 0 heterocycles. The molecule has 0 spiro atoms. The summed E-state index contributed by atoms with van der Waals surface area (Å²) in [5.41, 5.74) is 7.24. The van der Waals surface area contributed by atoms with Gasteiger partial charge in [-0.25, -0.2) is 4.39 Å². The number of hydrogen-bond donors (Lipinski definition) is 2. The van der Waals surface area contributed by atoms with Crippen molar-refractivity contribution >= 4 is 17.4 Å².